The minimum absolute atomic E-state index is 0.176. The summed E-state index contributed by atoms with van der Waals surface area (Å²) in [5.41, 5.74) is 5.43. The monoisotopic (exact) mass is 255 g/mol. The van der Waals surface area contributed by atoms with Gasteiger partial charge in [0.05, 0.1) is 0 Å². The number of benzene rings is 1. The molecule has 0 aliphatic carbocycles. The SMILES string of the molecule is CC(=O)CC(=O)O.Nc1ccc(O)c(C(=O)O)c1. The molecule has 0 amide bonds. The van der Waals surface area contributed by atoms with Crippen molar-refractivity contribution in [3.05, 3.63) is 23.8 Å². The highest BCUT2D eigenvalue weighted by Gasteiger charge is 2.08. The Kier molecular flexibility index (Phi) is 5.91. The molecule has 0 radical (unpaired) electrons. The largest absolute Gasteiger partial charge is 0.507 e. The van der Waals surface area contributed by atoms with Crippen LogP contribution >= 0.6 is 0 Å². The number of carbonyl (C=O) groups is 3. The molecule has 0 fully saturated rings. The third kappa shape index (κ3) is 6.11. The first-order valence-electron chi connectivity index (χ1n) is 4.77. The molecule has 5 N–H and O–H groups in total. The lowest BCUT2D eigenvalue weighted by Crippen LogP contribution is -2.00. The van der Waals surface area contributed by atoms with Crippen LogP contribution in [0.5, 0.6) is 5.75 Å². The summed E-state index contributed by atoms with van der Waals surface area (Å²) >= 11 is 0. The molecule has 1 rings (SSSR count). The van der Waals surface area contributed by atoms with Crippen LogP contribution in [0.25, 0.3) is 0 Å². The Morgan fingerprint density at radius 1 is 1.22 bits per heavy atom. The van der Waals surface area contributed by atoms with E-state index >= 15 is 0 Å². The molecule has 0 aliphatic rings. The summed E-state index contributed by atoms with van der Waals surface area (Å²) in [6.07, 6.45) is -0.361. The summed E-state index contributed by atoms with van der Waals surface area (Å²) < 4.78 is 0. The van der Waals surface area contributed by atoms with E-state index in [-0.39, 0.29) is 23.5 Å². The highest BCUT2D eigenvalue weighted by atomic mass is 16.4. The average Bonchev–Trinajstić information content (AvgIpc) is 2.20. The van der Waals surface area contributed by atoms with Crippen molar-refractivity contribution in [1.29, 1.82) is 0 Å². The molecule has 0 bridgehead atoms. The normalized spacial score (nSPS) is 8.94. The molecule has 18 heavy (non-hydrogen) atoms. The number of phenols is 1. The Bertz CT molecular complexity index is 457. The number of hydrogen-bond acceptors (Lipinski definition) is 5. The van der Waals surface area contributed by atoms with Gasteiger partial charge in [0.2, 0.25) is 0 Å². The van der Waals surface area contributed by atoms with Crippen molar-refractivity contribution in [2.75, 3.05) is 5.73 Å². The van der Waals surface area contributed by atoms with Gasteiger partial charge >= 0.3 is 11.9 Å². The lowest BCUT2D eigenvalue weighted by molar-refractivity contribution is -0.139. The number of nitrogens with two attached hydrogens (primary N) is 1. The summed E-state index contributed by atoms with van der Waals surface area (Å²) in [7, 11) is 0. The summed E-state index contributed by atoms with van der Waals surface area (Å²) in [5.74, 6) is -2.83. The van der Waals surface area contributed by atoms with Gasteiger partial charge in [0.25, 0.3) is 0 Å². The minimum Gasteiger partial charge on any atom is -0.507 e. The van der Waals surface area contributed by atoms with Crippen molar-refractivity contribution in [3.8, 4) is 5.75 Å². The van der Waals surface area contributed by atoms with Crippen LogP contribution in [0.3, 0.4) is 0 Å². The summed E-state index contributed by atoms with van der Waals surface area (Å²) in [4.78, 5) is 29.8. The van der Waals surface area contributed by atoms with E-state index in [0.29, 0.717) is 5.69 Å². The lowest BCUT2D eigenvalue weighted by atomic mass is 10.2. The van der Waals surface area contributed by atoms with E-state index in [0.717, 1.165) is 0 Å². The van der Waals surface area contributed by atoms with Crippen LogP contribution in [0.15, 0.2) is 18.2 Å². The molecule has 1 aromatic rings. The number of hydrogen-bond donors (Lipinski definition) is 4. The van der Waals surface area contributed by atoms with Crippen molar-refractivity contribution in [2.24, 2.45) is 0 Å². The summed E-state index contributed by atoms with van der Waals surface area (Å²) in [6.45, 7) is 1.24. The highest BCUT2D eigenvalue weighted by molar-refractivity contribution is 5.93. The molecule has 0 saturated heterocycles. The number of Topliss-reactive ketones (excluding diaryl/α,β-unsaturated/α-hetero) is 1. The Hall–Kier alpha value is -2.57. The maximum atomic E-state index is 10.4. The van der Waals surface area contributed by atoms with Crippen molar-refractivity contribution in [3.63, 3.8) is 0 Å². The van der Waals surface area contributed by atoms with Gasteiger partial charge in [-0.15, -0.1) is 0 Å². The van der Waals surface area contributed by atoms with Gasteiger partial charge in [0.15, 0.2) is 0 Å². The van der Waals surface area contributed by atoms with E-state index in [1.54, 1.807) is 0 Å². The van der Waals surface area contributed by atoms with Crippen molar-refractivity contribution < 1.29 is 29.7 Å². The molecular weight excluding hydrogens is 242 g/mol. The van der Waals surface area contributed by atoms with Crippen LogP contribution in [0.1, 0.15) is 23.7 Å². The predicted octanol–water partition coefficient (Wildman–Crippen LogP) is 0.723. The number of nitrogen functional groups attached to an aromatic ring is 1. The van der Waals surface area contributed by atoms with E-state index in [1.165, 1.54) is 25.1 Å². The van der Waals surface area contributed by atoms with Gasteiger partial charge in [-0.25, -0.2) is 4.79 Å². The van der Waals surface area contributed by atoms with Crippen molar-refractivity contribution >= 4 is 23.4 Å². The first kappa shape index (κ1) is 15.4. The Balaban J connectivity index is 0.000000360. The maximum Gasteiger partial charge on any atom is 0.339 e. The summed E-state index contributed by atoms with van der Waals surface area (Å²) in [6, 6.07) is 3.89. The molecule has 7 heteroatoms. The second kappa shape index (κ2) is 6.89. The van der Waals surface area contributed by atoms with E-state index in [9.17, 15) is 14.4 Å². The fourth-order valence-corrected chi connectivity index (χ4v) is 0.938. The van der Waals surface area contributed by atoms with Gasteiger partial charge in [-0.05, 0) is 25.1 Å². The van der Waals surface area contributed by atoms with Gasteiger partial charge in [0, 0.05) is 5.69 Å². The quantitative estimate of drug-likeness (QED) is 0.354. The lowest BCUT2D eigenvalue weighted by Gasteiger charge is -1.98. The Morgan fingerprint density at radius 3 is 2.06 bits per heavy atom. The van der Waals surface area contributed by atoms with Gasteiger partial charge in [0.1, 0.15) is 23.5 Å². The number of aromatic carboxylic acids is 1. The predicted molar refractivity (Wildman–Crippen MR) is 62.4 cm³/mol. The second-order valence-electron chi connectivity index (χ2n) is 3.35. The smallest absolute Gasteiger partial charge is 0.339 e. The molecule has 0 spiro atoms. The van der Waals surface area contributed by atoms with E-state index < -0.39 is 11.9 Å². The number of aliphatic carboxylic acids is 1. The van der Waals surface area contributed by atoms with E-state index in [2.05, 4.69) is 0 Å². The third-order valence-electron chi connectivity index (χ3n) is 1.65. The highest BCUT2D eigenvalue weighted by Crippen LogP contribution is 2.18. The van der Waals surface area contributed by atoms with E-state index in [4.69, 9.17) is 21.1 Å². The Morgan fingerprint density at radius 2 is 1.78 bits per heavy atom. The van der Waals surface area contributed by atoms with Crippen LogP contribution in [-0.4, -0.2) is 33.0 Å². The first-order chi connectivity index (χ1) is 8.23. The van der Waals surface area contributed by atoms with Crippen molar-refractivity contribution in [1.82, 2.24) is 0 Å². The fraction of sp³-hybridized carbons (Fsp3) is 0.182. The topological polar surface area (TPSA) is 138 Å². The zero-order valence-corrected chi connectivity index (χ0v) is 9.58. The van der Waals surface area contributed by atoms with Gasteiger partial charge in [-0.2, -0.15) is 0 Å². The number of carboxylic acids is 2. The number of carbonyl (C=O) groups excluding carboxylic acids is 1. The molecule has 0 unspecified atom stereocenters. The van der Waals surface area contributed by atoms with Gasteiger partial charge in [-0.3, -0.25) is 9.59 Å². The molecule has 0 atom stereocenters. The van der Waals surface area contributed by atoms with Crippen LogP contribution < -0.4 is 5.73 Å². The molecule has 1 aromatic carbocycles. The number of carboxylic acid groups (broad SMARTS) is 2. The molecule has 0 aliphatic heterocycles. The fourth-order valence-electron chi connectivity index (χ4n) is 0.938. The average molecular weight is 255 g/mol. The maximum absolute atomic E-state index is 10.4. The van der Waals surface area contributed by atoms with E-state index in [1.807, 2.05) is 0 Å². The molecule has 7 nitrogen and oxygen atoms in total. The van der Waals surface area contributed by atoms with Crippen LogP contribution in [-0.2, 0) is 9.59 Å². The van der Waals surface area contributed by atoms with Crippen LogP contribution in [0.4, 0.5) is 5.69 Å². The number of anilines is 1. The third-order valence-corrected chi connectivity index (χ3v) is 1.65. The molecule has 0 saturated carbocycles. The number of aromatic hydroxyl groups is 1. The Labute approximate surface area is 102 Å². The second-order valence-corrected chi connectivity index (χ2v) is 3.35. The van der Waals surface area contributed by atoms with Crippen molar-refractivity contribution in [2.45, 2.75) is 13.3 Å². The molecule has 98 valence electrons. The van der Waals surface area contributed by atoms with Crippen LogP contribution in [0, 0.1) is 0 Å². The molecular formula is C11H13NO6. The standard InChI is InChI=1S/C7H7NO3.C4H6O3/c8-4-1-2-6(9)5(3-4)7(10)11;1-3(5)2-4(6)7/h1-3,9H,8H2,(H,10,11);2H2,1H3,(H,6,7). The van der Waals surface area contributed by atoms with Gasteiger partial charge in [-0.1, -0.05) is 0 Å². The zero-order valence-electron chi connectivity index (χ0n) is 9.58. The zero-order chi connectivity index (χ0) is 14.3. The number of ketones is 1. The number of rotatable bonds is 3. The minimum atomic E-state index is -1.19. The van der Waals surface area contributed by atoms with Gasteiger partial charge < -0.3 is 21.1 Å². The molecule has 0 heterocycles. The first-order valence-corrected chi connectivity index (χ1v) is 4.77. The summed E-state index contributed by atoms with van der Waals surface area (Å²) in [5, 5.41) is 25.3. The van der Waals surface area contributed by atoms with Crippen LogP contribution in [0.2, 0.25) is 0 Å². The molecule has 0 aromatic heterocycles.